The highest BCUT2D eigenvalue weighted by Crippen LogP contribution is 2.22. The molecule has 1 atom stereocenters. The zero-order valence-electron chi connectivity index (χ0n) is 9.24. The third-order valence-corrected chi connectivity index (χ3v) is 2.97. The van der Waals surface area contributed by atoms with Gasteiger partial charge in [0.15, 0.2) is 0 Å². The fourth-order valence-corrected chi connectivity index (χ4v) is 1.82. The molecule has 0 amide bonds. The summed E-state index contributed by atoms with van der Waals surface area (Å²) in [6.45, 7) is 4.48. The minimum Gasteiger partial charge on any atom is -0.324 e. The molecule has 0 aliphatic rings. The Morgan fingerprint density at radius 2 is 1.64 bits per heavy atom. The van der Waals surface area contributed by atoms with Gasteiger partial charge in [-0.15, -0.1) is 0 Å². The number of benzene rings is 1. The average Bonchev–Trinajstić information content (AvgIpc) is 2.26. The van der Waals surface area contributed by atoms with Crippen molar-refractivity contribution in [3.8, 4) is 0 Å². The van der Waals surface area contributed by atoms with Crippen LogP contribution in [0.3, 0.4) is 0 Å². The lowest BCUT2D eigenvalue weighted by atomic mass is 9.92. The second kappa shape index (κ2) is 5.82. The molecule has 0 aromatic heterocycles. The monoisotopic (exact) mass is 191 g/mol. The highest BCUT2D eigenvalue weighted by atomic mass is 14.6. The molecule has 1 aromatic rings. The van der Waals surface area contributed by atoms with E-state index in [1.807, 2.05) is 6.07 Å². The molecule has 0 radical (unpaired) electrons. The quantitative estimate of drug-likeness (QED) is 0.757. The predicted octanol–water partition coefficient (Wildman–Crippen LogP) is 3.51. The lowest BCUT2D eigenvalue weighted by Crippen LogP contribution is -2.14. The van der Waals surface area contributed by atoms with Crippen LogP contribution in [0.4, 0.5) is 0 Å². The molecule has 1 heteroatoms. The summed E-state index contributed by atoms with van der Waals surface area (Å²) in [4.78, 5) is 0. The summed E-state index contributed by atoms with van der Waals surface area (Å²) in [7, 11) is 0. The molecule has 0 spiro atoms. The first kappa shape index (κ1) is 11.3. The zero-order valence-corrected chi connectivity index (χ0v) is 9.24. The van der Waals surface area contributed by atoms with Gasteiger partial charge in [-0.2, -0.15) is 0 Å². The molecule has 0 aliphatic heterocycles. The summed E-state index contributed by atoms with van der Waals surface area (Å²) in [6, 6.07) is 10.6. The molecule has 0 bridgehead atoms. The second-order valence-electron chi connectivity index (χ2n) is 3.94. The van der Waals surface area contributed by atoms with Crippen molar-refractivity contribution in [1.29, 1.82) is 0 Å². The molecule has 78 valence electrons. The van der Waals surface area contributed by atoms with E-state index in [4.69, 9.17) is 5.73 Å². The molecule has 14 heavy (non-hydrogen) atoms. The highest BCUT2D eigenvalue weighted by Gasteiger charge is 2.11. The smallest absolute Gasteiger partial charge is 0.0297 e. The van der Waals surface area contributed by atoms with Crippen LogP contribution in [0, 0.1) is 5.92 Å². The van der Waals surface area contributed by atoms with Gasteiger partial charge in [-0.3, -0.25) is 0 Å². The lowest BCUT2D eigenvalue weighted by molar-refractivity contribution is 0.414. The van der Waals surface area contributed by atoms with Gasteiger partial charge in [0.05, 0.1) is 0 Å². The van der Waals surface area contributed by atoms with E-state index in [1.165, 1.54) is 18.4 Å². The normalized spacial score (nSPS) is 13.1. The van der Waals surface area contributed by atoms with Crippen LogP contribution in [0.25, 0.3) is 0 Å². The second-order valence-corrected chi connectivity index (χ2v) is 3.94. The van der Waals surface area contributed by atoms with Crippen LogP contribution in [0.5, 0.6) is 0 Å². The van der Waals surface area contributed by atoms with Crippen LogP contribution in [0.15, 0.2) is 30.3 Å². The van der Waals surface area contributed by atoms with E-state index < -0.39 is 0 Å². The Bertz CT molecular complexity index is 239. The van der Waals surface area contributed by atoms with Gasteiger partial charge < -0.3 is 5.73 Å². The van der Waals surface area contributed by atoms with Crippen LogP contribution in [0.2, 0.25) is 0 Å². The minimum atomic E-state index is 0.209. The van der Waals surface area contributed by atoms with E-state index in [2.05, 4.69) is 38.1 Å². The molecule has 1 aromatic carbocycles. The lowest BCUT2D eigenvalue weighted by Gasteiger charge is -2.18. The molecule has 1 nitrogen and oxygen atoms in total. The Labute approximate surface area is 87.3 Å². The third-order valence-electron chi connectivity index (χ3n) is 2.97. The van der Waals surface area contributed by atoms with Crippen LogP contribution in [-0.2, 0) is 0 Å². The van der Waals surface area contributed by atoms with Gasteiger partial charge in [-0.05, 0) is 17.9 Å². The van der Waals surface area contributed by atoms with Gasteiger partial charge in [0.1, 0.15) is 0 Å². The molecule has 0 heterocycles. The van der Waals surface area contributed by atoms with Gasteiger partial charge in [0.25, 0.3) is 0 Å². The molecule has 0 saturated carbocycles. The molecular formula is C13H21N. The van der Waals surface area contributed by atoms with E-state index in [-0.39, 0.29) is 6.04 Å². The third kappa shape index (κ3) is 3.15. The maximum atomic E-state index is 6.15. The van der Waals surface area contributed by atoms with E-state index >= 15 is 0 Å². The summed E-state index contributed by atoms with van der Waals surface area (Å²) in [5, 5.41) is 0. The summed E-state index contributed by atoms with van der Waals surface area (Å²) in [5.41, 5.74) is 7.41. The van der Waals surface area contributed by atoms with E-state index in [1.54, 1.807) is 0 Å². The zero-order chi connectivity index (χ0) is 10.4. The highest BCUT2D eigenvalue weighted by molar-refractivity contribution is 5.18. The molecule has 0 fully saturated rings. The summed E-state index contributed by atoms with van der Waals surface area (Å²) in [6.07, 6.45) is 3.57. The van der Waals surface area contributed by atoms with Crippen molar-refractivity contribution >= 4 is 0 Å². The van der Waals surface area contributed by atoms with Gasteiger partial charge in [-0.25, -0.2) is 0 Å². The van der Waals surface area contributed by atoms with Crippen LogP contribution in [-0.4, -0.2) is 0 Å². The molecule has 0 aliphatic carbocycles. The average molecular weight is 191 g/mol. The number of nitrogens with two attached hydrogens (primary N) is 1. The number of hydrogen-bond acceptors (Lipinski definition) is 1. The van der Waals surface area contributed by atoms with Crippen LogP contribution >= 0.6 is 0 Å². The molecule has 0 unspecified atom stereocenters. The maximum Gasteiger partial charge on any atom is 0.0297 e. The maximum absolute atomic E-state index is 6.15. The standard InChI is InChI=1S/C13H21N/c1-3-11(4-2)10-13(14)12-8-6-5-7-9-12/h5-9,11,13H,3-4,10,14H2,1-2H3/t13-/m0/s1. The first-order valence-corrected chi connectivity index (χ1v) is 5.58. The van der Waals surface area contributed by atoms with Gasteiger partial charge in [-0.1, -0.05) is 57.0 Å². The minimum absolute atomic E-state index is 0.209. The van der Waals surface area contributed by atoms with Crippen molar-refractivity contribution in [3.63, 3.8) is 0 Å². The van der Waals surface area contributed by atoms with Crippen molar-refractivity contribution in [3.05, 3.63) is 35.9 Å². The van der Waals surface area contributed by atoms with Gasteiger partial charge in [0.2, 0.25) is 0 Å². The Kier molecular flexibility index (Phi) is 4.68. The van der Waals surface area contributed by atoms with Crippen molar-refractivity contribution in [2.45, 2.75) is 39.2 Å². The van der Waals surface area contributed by atoms with Gasteiger partial charge >= 0.3 is 0 Å². The topological polar surface area (TPSA) is 26.0 Å². The summed E-state index contributed by atoms with van der Waals surface area (Å²) in [5.74, 6) is 0.769. The Morgan fingerprint density at radius 3 is 2.14 bits per heavy atom. The molecule has 0 saturated heterocycles. The van der Waals surface area contributed by atoms with Crippen molar-refractivity contribution in [2.24, 2.45) is 11.7 Å². The number of hydrogen-bond donors (Lipinski definition) is 1. The fourth-order valence-electron chi connectivity index (χ4n) is 1.82. The van der Waals surface area contributed by atoms with Crippen molar-refractivity contribution < 1.29 is 0 Å². The van der Waals surface area contributed by atoms with Crippen molar-refractivity contribution in [1.82, 2.24) is 0 Å². The van der Waals surface area contributed by atoms with Crippen molar-refractivity contribution in [2.75, 3.05) is 0 Å². The van der Waals surface area contributed by atoms with E-state index in [0.29, 0.717) is 0 Å². The molecular weight excluding hydrogens is 170 g/mol. The Balaban J connectivity index is 2.54. The van der Waals surface area contributed by atoms with Crippen LogP contribution < -0.4 is 5.73 Å². The first-order chi connectivity index (χ1) is 6.77. The number of rotatable bonds is 5. The van der Waals surface area contributed by atoms with Gasteiger partial charge in [0, 0.05) is 6.04 Å². The summed E-state index contributed by atoms with van der Waals surface area (Å²) >= 11 is 0. The predicted molar refractivity (Wildman–Crippen MR) is 62.1 cm³/mol. The van der Waals surface area contributed by atoms with E-state index in [0.717, 1.165) is 12.3 Å². The Morgan fingerprint density at radius 1 is 1.07 bits per heavy atom. The van der Waals surface area contributed by atoms with Crippen LogP contribution in [0.1, 0.15) is 44.7 Å². The SMILES string of the molecule is CCC(CC)C[C@H](N)c1ccccc1. The fraction of sp³-hybridized carbons (Fsp3) is 0.538. The Hall–Kier alpha value is -0.820. The van der Waals surface area contributed by atoms with E-state index in [9.17, 15) is 0 Å². The summed E-state index contributed by atoms with van der Waals surface area (Å²) < 4.78 is 0. The largest absolute Gasteiger partial charge is 0.324 e. The first-order valence-electron chi connectivity index (χ1n) is 5.58. The molecule has 2 N–H and O–H groups in total. The molecule has 1 rings (SSSR count).